The van der Waals surface area contributed by atoms with Crippen LogP contribution in [0, 0.1) is 0 Å². The van der Waals surface area contributed by atoms with Gasteiger partial charge in [-0.15, -0.1) is 0 Å². The van der Waals surface area contributed by atoms with Gasteiger partial charge in [0.05, 0.1) is 30.2 Å². The van der Waals surface area contributed by atoms with Crippen LogP contribution >= 0.6 is 0 Å². The van der Waals surface area contributed by atoms with Crippen molar-refractivity contribution >= 4 is 28.6 Å². The van der Waals surface area contributed by atoms with Crippen molar-refractivity contribution in [1.82, 2.24) is 29.9 Å². The topological polar surface area (TPSA) is 113 Å². The first-order chi connectivity index (χ1) is 14.0. The van der Waals surface area contributed by atoms with Crippen molar-refractivity contribution in [2.75, 3.05) is 10.6 Å². The molecule has 0 saturated carbocycles. The number of carbonyl (C=O) groups excluding carboxylic acids is 1. The van der Waals surface area contributed by atoms with Crippen LogP contribution in [0.25, 0.3) is 11.2 Å². The van der Waals surface area contributed by atoms with Crippen molar-refractivity contribution in [1.29, 1.82) is 0 Å². The summed E-state index contributed by atoms with van der Waals surface area (Å²) >= 11 is 0. The van der Waals surface area contributed by atoms with Gasteiger partial charge in [-0.2, -0.15) is 10.2 Å². The van der Waals surface area contributed by atoms with E-state index in [1.54, 1.807) is 29.5 Å². The summed E-state index contributed by atoms with van der Waals surface area (Å²) in [5, 5.41) is 17.2. The number of rotatable bonds is 6. The number of fused-ring (bicyclic) bond motifs is 1. The molecule has 0 radical (unpaired) electrons. The lowest BCUT2D eigenvalue weighted by molar-refractivity contribution is 0.102. The molecule has 3 N–H and O–H groups in total. The predicted octanol–water partition coefficient (Wildman–Crippen LogP) is 3.56. The Morgan fingerprint density at radius 1 is 1.17 bits per heavy atom. The van der Waals surface area contributed by atoms with E-state index in [1.165, 1.54) is 0 Å². The number of amides is 1. The fourth-order valence-corrected chi connectivity index (χ4v) is 2.93. The summed E-state index contributed by atoms with van der Waals surface area (Å²) in [6, 6.07) is 7.86. The van der Waals surface area contributed by atoms with Crippen molar-refractivity contribution in [3.8, 4) is 0 Å². The van der Waals surface area contributed by atoms with Crippen LogP contribution in [0.3, 0.4) is 0 Å². The van der Waals surface area contributed by atoms with Crippen molar-refractivity contribution < 1.29 is 4.79 Å². The van der Waals surface area contributed by atoms with Gasteiger partial charge in [0.2, 0.25) is 0 Å². The third kappa shape index (κ3) is 4.08. The molecule has 0 fully saturated rings. The van der Waals surface area contributed by atoms with Gasteiger partial charge >= 0.3 is 0 Å². The van der Waals surface area contributed by atoms with Crippen LogP contribution in [0.5, 0.6) is 0 Å². The Morgan fingerprint density at radius 3 is 2.83 bits per heavy atom. The highest BCUT2D eigenvalue weighted by atomic mass is 16.1. The summed E-state index contributed by atoms with van der Waals surface area (Å²) in [5.74, 6) is 0.454. The Morgan fingerprint density at radius 2 is 2.03 bits per heavy atom. The minimum absolute atomic E-state index is 0.0368. The highest BCUT2D eigenvalue weighted by molar-refractivity contribution is 6.03. The van der Waals surface area contributed by atoms with Gasteiger partial charge in [0, 0.05) is 17.9 Å². The molecular weight excluding hydrogens is 368 g/mol. The first-order valence-corrected chi connectivity index (χ1v) is 9.38. The van der Waals surface area contributed by atoms with E-state index in [0.29, 0.717) is 28.2 Å². The normalized spacial score (nSPS) is 12.3. The summed E-state index contributed by atoms with van der Waals surface area (Å²) in [5.41, 5.74) is 3.60. The van der Waals surface area contributed by atoms with E-state index in [4.69, 9.17) is 0 Å². The Labute approximate surface area is 167 Å². The van der Waals surface area contributed by atoms with Gasteiger partial charge in [-0.05, 0) is 38.5 Å². The minimum atomic E-state index is -0.190. The molecule has 9 heteroatoms. The van der Waals surface area contributed by atoms with Crippen LogP contribution in [0.1, 0.15) is 48.8 Å². The van der Waals surface area contributed by atoms with Gasteiger partial charge in [-0.1, -0.05) is 12.1 Å². The lowest BCUT2D eigenvalue weighted by atomic mass is 10.1. The lowest BCUT2D eigenvalue weighted by Crippen LogP contribution is -2.13. The Kier molecular flexibility index (Phi) is 4.94. The van der Waals surface area contributed by atoms with Crippen LogP contribution in [0.4, 0.5) is 11.5 Å². The van der Waals surface area contributed by atoms with E-state index in [2.05, 4.69) is 35.9 Å². The van der Waals surface area contributed by atoms with Crippen LogP contribution in [0.2, 0.25) is 0 Å². The van der Waals surface area contributed by atoms with Crippen molar-refractivity contribution in [3.05, 3.63) is 60.2 Å². The second kappa shape index (κ2) is 7.70. The highest BCUT2D eigenvalue weighted by Crippen LogP contribution is 2.22. The number of aromatic nitrogens is 6. The molecule has 4 rings (SSSR count). The fraction of sp³-hybridized carbons (Fsp3) is 0.250. The van der Waals surface area contributed by atoms with Crippen molar-refractivity contribution in [3.63, 3.8) is 0 Å². The molecule has 0 bridgehead atoms. The minimum Gasteiger partial charge on any atom is -0.362 e. The molecular formula is C20H22N8O. The Bertz CT molecular complexity index is 1150. The average molecular weight is 390 g/mol. The molecule has 0 aliphatic heterocycles. The maximum Gasteiger partial charge on any atom is 0.258 e. The molecule has 0 unspecified atom stereocenters. The summed E-state index contributed by atoms with van der Waals surface area (Å²) in [4.78, 5) is 21.3. The predicted molar refractivity (Wildman–Crippen MR) is 111 cm³/mol. The number of nitrogens with zero attached hydrogens (tertiary/aromatic N) is 5. The van der Waals surface area contributed by atoms with E-state index >= 15 is 0 Å². The van der Waals surface area contributed by atoms with Gasteiger partial charge in [0.25, 0.3) is 5.91 Å². The Hall–Kier alpha value is -3.75. The molecule has 4 aromatic rings. The average Bonchev–Trinajstić information content (AvgIpc) is 3.37. The first kappa shape index (κ1) is 18.6. The summed E-state index contributed by atoms with van der Waals surface area (Å²) < 4.78 is 1.76. The zero-order chi connectivity index (χ0) is 20.4. The van der Waals surface area contributed by atoms with E-state index in [1.807, 2.05) is 45.0 Å². The number of benzene rings is 1. The van der Waals surface area contributed by atoms with E-state index < -0.39 is 0 Å². The van der Waals surface area contributed by atoms with Gasteiger partial charge < -0.3 is 10.6 Å². The zero-order valence-electron chi connectivity index (χ0n) is 16.4. The molecule has 1 amide bonds. The van der Waals surface area contributed by atoms with Crippen LogP contribution in [-0.2, 0) is 0 Å². The SMILES string of the molecule is CC(C)n1cc(C(=O)Nc2cccc([C@H](C)Nc3cnc4cn[nH]c4n3)c2)cn1. The van der Waals surface area contributed by atoms with E-state index in [-0.39, 0.29) is 18.0 Å². The zero-order valence-corrected chi connectivity index (χ0v) is 16.4. The van der Waals surface area contributed by atoms with Crippen LogP contribution in [0.15, 0.2) is 49.1 Å². The molecule has 0 aliphatic rings. The van der Waals surface area contributed by atoms with Crippen LogP contribution in [-0.4, -0.2) is 35.9 Å². The van der Waals surface area contributed by atoms with Gasteiger partial charge in [0.15, 0.2) is 5.65 Å². The standard InChI is InChI=1S/C20H22N8O/c1-12(2)28-11-15(8-23-28)20(29)25-16-6-4-5-14(7-16)13(3)24-18-10-21-17-9-22-27-19(17)26-18/h4-13H,1-3H3,(H,25,29)(H2,22,24,26,27)/t13-/m0/s1. The number of anilines is 2. The number of aromatic amines is 1. The molecule has 1 atom stereocenters. The molecule has 3 aromatic heterocycles. The first-order valence-electron chi connectivity index (χ1n) is 9.38. The fourth-order valence-electron chi connectivity index (χ4n) is 2.93. The largest absolute Gasteiger partial charge is 0.362 e. The third-order valence-electron chi connectivity index (χ3n) is 4.56. The molecule has 148 valence electrons. The molecule has 29 heavy (non-hydrogen) atoms. The van der Waals surface area contributed by atoms with Crippen molar-refractivity contribution in [2.45, 2.75) is 32.9 Å². The number of carbonyl (C=O) groups is 1. The molecule has 1 aromatic carbocycles. The van der Waals surface area contributed by atoms with Crippen LogP contribution < -0.4 is 10.6 Å². The van der Waals surface area contributed by atoms with Gasteiger partial charge in [-0.3, -0.25) is 14.6 Å². The highest BCUT2D eigenvalue weighted by Gasteiger charge is 2.12. The molecule has 0 saturated heterocycles. The molecule has 3 heterocycles. The number of H-pyrrole nitrogens is 1. The Balaban J connectivity index is 1.46. The second-order valence-corrected chi connectivity index (χ2v) is 7.11. The van der Waals surface area contributed by atoms with Crippen molar-refractivity contribution in [2.24, 2.45) is 0 Å². The summed E-state index contributed by atoms with van der Waals surface area (Å²) in [6.45, 7) is 6.05. The number of nitrogens with one attached hydrogen (secondary N) is 3. The maximum atomic E-state index is 12.5. The number of hydrogen-bond donors (Lipinski definition) is 3. The lowest BCUT2D eigenvalue weighted by Gasteiger charge is -2.16. The van der Waals surface area contributed by atoms with Gasteiger partial charge in [-0.25, -0.2) is 9.97 Å². The summed E-state index contributed by atoms with van der Waals surface area (Å²) in [6.07, 6.45) is 6.63. The quantitative estimate of drug-likeness (QED) is 0.464. The smallest absolute Gasteiger partial charge is 0.258 e. The molecule has 0 spiro atoms. The van der Waals surface area contributed by atoms with E-state index in [0.717, 1.165) is 5.56 Å². The molecule has 0 aliphatic carbocycles. The summed E-state index contributed by atoms with van der Waals surface area (Å²) in [7, 11) is 0. The second-order valence-electron chi connectivity index (χ2n) is 7.11. The maximum absolute atomic E-state index is 12.5. The monoisotopic (exact) mass is 390 g/mol. The number of hydrogen-bond acceptors (Lipinski definition) is 6. The molecule has 9 nitrogen and oxygen atoms in total. The van der Waals surface area contributed by atoms with E-state index in [9.17, 15) is 4.79 Å². The van der Waals surface area contributed by atoms with Gasteiger partial charge in [0.1, 0.15) is 11.3 Å². The third-order valence-corrected chi connectivity index (χ3v) is 4.56.